The summed E-state index contributed by atoms with van der Waals surface area (Å²) >= 11 is 0. The second-order valence-corrected chi connectivity index (χ2v) is 5.07. The van der Waals surface area contributed by atoms with Gasteiger partial charge in [0.05, 0.1) is 4.92 Å². The van der Waals surface area contributed by atoms with Crippen molar-refractivity contribution in [2.45, 2.75) is 45.2 Å². The SMILES string of the molecule is CCCC(C)(NC(C)c1ccccc1[N+](=O)[O-])C(=O)O. The number of benzene rings is 1. The van der Waals surface area contributed by atoms with Gasteiger partial charge in [0.15, 0.2) is 0 Å². The van der Waals surface area contributed by atoms with Crippen LogP contribution in [0.5, 0.6) is 0 Å². The standard InChI is InChI=1S/C14H20N2O4/c1-4-9-14(3,13(17)18)15-10(2)11-7-5-6-8-12(11)16(19)20/h5-8,10,15H,4,9H2,1-3H3,(H,17,18). The van der Waals surface area contributed by atoms with Crippen molar-refractivity contribution in [1.82, 2.24) is 5.32 Å². The lowest BCUT2D eigenvalue weighted by molar-refractivity contribution is -0.385. The predicted octanol–water partition coefficient (Wildman–Crippen LogP) is 2.89. The maximum Gasteiger partial charge on any atom is 0.323 e. The van der Waals surface area contributed by atoms with Crippen molar-refractivity contribution in [3.63, 3.8) is 0 Å². The van der Waals surface area contributed by atoms with Gasteiger partial charge in [-0.1, -0.05) is 31.5 Å². The van der Waals surface area contributed by atoms with Crippen molar-refractivity contribution >= 4 is 11.7 Å². The molecule has 0 fully saturated rings. The molecule has 1 aromatic carbocycles. The highest BCUT2D eigenvalue weighted by atomic mass is 16.6. The zero-order valence-electron chi connectivity index (χ0n) is 11.9. The third kappa shape index (κ3) is 3.54. The van der Waals surface area contributed by atoms with Crippen LogP contribution in [0, 0.1) is 10.1 Å². The van der Waals surface area contributed by atoms with Crippen molar-refractivity contribution in [2.24, 2.45) is 0 Å². The lowest BCUT2D eigenvalue weighted by Crippen LogP contribution is -2.50. The summed E-state index contributed by atoms with van der Waals surface area (Å²) < 4.78 is 0. The van der Waals surface area contributed by atoms with Gasteiger partial charge < -0.3 is 5.11 Å². The molecule has 2 atom stereocenters. The smallest absolute Gasteiger partial charge is 0.323 e. The van der Waals surface area contributed by atoms with Crippen molar-refractivity contribution < 1.29 is 14.8 Å². The van der Waals surface area contributed by atoms with Gasteiger partial charge in [-0.2, -0.15) is 0 Å². The van der Waals surface area contributed by atoms with Crippen LogP contribution in [0.1, 0.15) is 45.2 Å². The van der Waals surface area contributed by atoms with Crippen LogP contribution in [0.2, 0.25) is 0 Å². The molecule has 2 unspecified atom stereocenters. The molecule has 0 aliphatic carbocycles. The Morgan fingerprint density at radius 2 is 2.10 bits per heavy atom. The molecule has 0 aliphatic heterocycles. The quantitative estimate of drug-likeness (QED) is 0.591. The van der Waals surface area contributed by atoms with E-state index in [1.54, 1.807) is 32.0 Å². The average molecular weight is 280 g/mol. The first-order valence-electron chi connectivity index (χ1n) is 6.56. The summed E-state index contributed by atoms with van der Waals surface area (Å²) in [6, 6.07) is 5.94. The van der Waals surface area contributed by atoms with Crippen LogP contribution in [-0.4, -0.2) is 21.5 Å². The second kappa shape index (κ2) is 6.47. The first kappa shape index (κ1) is 16.1. The highest BCUT2D eigenvalue weighted by Crippen LogP contribution is 2.27. The molecule has 2 N–H and O–H groups in total. The fraction of sp³-hybridized carbons (Fsp3) is 0.500. The van der Waals surface area contributed by atoms with Crippen LogP contribution in [0.4, 0.5) is 5.69 Å². The Labute approximate surface area is 118 Å². The fourth-order valence-electron chi connectivity index (χ4n) is 2.32. The van der Waals surface area contributed by atoms with Crippen LogP contribution < -0.4 is 5.32 Å². The number of para-hydroxylation sites is 1. The largest absolute Gasteiger partial charge is 0.480 e. The van der Waals surface area contributed by atoms with Gasteiger partial charge in [0.1, 0.15) is 5.54 Å². The zero-order valence-corrected chi connectivity index (χ0v) is 11.9. The molecule has 0 bridgehead atoms. The highest BCUT2D eigenvalue weighted by molar-refractivity contribution is 5.78. The molecule has 0 saturated heterocycles. The minimum atomic E-state index is -1.10. The van der Waals surface area contributed by atoms with Gasteiger partial charge >= 0.3 is 5.97 Å². The van der Waals surface area contributed by atoms with Crippen LogP contribution >= 0.6 is 0 Å². The summed E-state index contributed by atoms with van der Waals surface area (Å²) in [5.41, 5.74) is -0.615. The van der Waals surface area contributed by atoms with Crippen LogP contribution in [0.25, 0.3) is 0 Å². The van der Waals surface area contributed by atoms with Crippen molar-refractivity contribution in [3.8, 4) is 0 Å². The molecule has 6 nitrogen and oxygen atoms in total. The van der Waals surface area contributed by atoms with Crippen molar-refractivity contribution in [3.05, 3.63) is 39.9 Å². The number of rotatable bonds is 7. The minimum Gasteiger partial charge on any atom is -0.480 e. The third-order valence-electron chi connectivity index (χ3n) is 3.36. The minimum absolute atomic E-state index is 0.00302. The molecule has 0 amide bonds. The molecule has 0 aliphatic rings. The van der Waals surface area contributed by atoms with Gasteiger partial charge in [-0.3, -0.25) is 20.2 Å². The highest BCUT2D eigenvalue weighted by Gasteiger charge is 2.34. The molecule has 110 valence electrons. The maximum absolute atomic E-state index is 11.4. The predicted molar refractivity (Wildman–Crippen MR) is 75.6 cm³/mol. The lowest BCUT2D eigenvalue weighted by Gasteiger charge is -2.29. The van der Waals surface area contributed by atoms with E-state index in [4.69, 9.17) is 0 Å². The molecule has 0 radical (unpaired) electrons. The molecule has 0 heterocycles. The summed E-state index contributed by atoms with van der Waals surface area (Å²) in [4.78, 5) is 22.0. The summed E-state index contributed by atoms with van der Waals surface area (Å²) in [5, 5.41) is 23.4. The summed E-state index contributed by atoms with van der Waals surface area (Å²) in [6.07, 6.45) is 1.16. The number of carboxylic acids is 1. The number of carbonyl (C=O) groups is 1. The molecular formula is C14H20N2O4. The van der Waals surface area contributed by atoms with Crippen molar-refractivity contribution in [2.75, 3.05) is 0 Å². The van der Waals surface area contributed by atoms with E-state index < -0.39 is 22.5 Å². The monoisotopic (exact) mass is 280 g/mol. The van der Waals surface area contributed by atoms with Gasteiger partial charge in [-0.15, -0.1) is 0 Å². The first-order chi connectivity index (χ1) is 9.31. The third-order valence-corrected chi connectivity index (χ3v) is 3.36. The number of nitrogens with one attached hydrogen (secondary N) is 1. The molecule has 0 spiro atoms. The molecular weight excluding hydrogens is 260 g/mol. The number of hydrogen-bond donors (Lipinski definition) is 2. The summed E-state index contributed by atoms with van der Waals surface area (Å²) in [6.45, 7) is 5.24. The van der Waals surface area contributed by atoms with E-state index in [0.29, 0.717) is 18.4 Å². The van der Waals surface area contributed by atoms with E-state index >= 15 is 0 Å². The van der Waals surface area contributed by atoms with Gasteiger partial charge in [0.25, 0.3) is 5.69 Å². The Morgan fingerprint density at radius 1 is 1.50 bits per heavy atom. The molecule has 1 rings (SSSR count). The van der Waals surface area contributed by atoms with Crippen molar-refractivity contribution in [1.29, 1.82) is 0 Å². The van der Waals surface area contributed by atoms with E-state index in [-0.39, 0.29) is 5.69 Å². The van der Waals surface area contributed by atoms with Gasteiger partial charge in [0.2, 0.25) is 0 Å². The van der Waals surface area contributed by atoms with Crippen LogP contribution in [-0.2, 0) is 4.79 Å². The zero-order chi connectivity index (χ0) is 15.3. The number of aliphatic carboxylic acids is 1. The lowest BCUT2D eigenvalue weighted by atomic mass is 9.93. The Morgan fingerprint density at radius 3 is 2.60 bits per heavy atom. The Bertz CT molecular complexity index is 504. The number of nitro groups is 1. The first-order valence-corrected chi connectivity index (χ1v) is 6.56. The molecule has 0 saturated carbocycles. The second-order valence-electron chi connectivity index (χ2n) is 5.07. The van der Waals surface area contributed by atoms with E-state index in [1.165, 1.54) is 6.07 Å². The van der Waals surface area contributed by atoms with Crippen LogP contribution in [0.3, 0.4) is 0 Å². The number of nitro benzene ring substituents is 1. The van der Waals surface area contributed by atoms with E-state index in [0.717, 1.165) is 0 Å². The normalized spacial score (nSPS) is 15.3. The number of carboxylic acid groups (broad SMARTS) is 1. The molecule has 1 aromatic rings. The molecule has 6 heteroatoms. The van der Waals surface area contributed by atoms with Gasteiger partial charge in [0, 0.05) is 17.7 Å². The Balaban J connectivity index is 3.04. The molecule has 20 heavy (non-hydrogen) atoms. The van der Waals surface area contributed by atoms with Crippen LogP contribution in [0.15, 0.2) is 24.3 Å². The molecule has 0 aromatic heterocycles. The van der Waals surface area contributed by atoms with E-state index in [1.807, 2.05) is 6.92 Å². The topological polar surface area (TPSA) is 92.5 Å². The summed E-state index contributed by atoms with van der Waals surface area (Å²) in [5.74, 6) is -0.954. The number of nitrogens with zero attached hydrogens (tertiary/aromatic N) is 1. The number of hydrogen-bond acceptors (Lipinski definition) is 4. The average Bonchev–Trinajstić information content (AvgIpc) is 2.38. The van der Waals surface area contributed by atoms with E-state index in [2.05, 4.69) is 5.32 Å². The van der Waals surface area contributed by atoms with Gasteiger partial charge in [-0.05, 0) is 20.3 Å². The van der Waals surface area contributed by atoms with Gasteiger partial charge in [-0.25, -0.2) is 0 Å². The fourth-order valence-corrected chi connectivity index (χ4v) is 2.32. The van der Waals surface area contributed by atoms with E-state index in [9.17, 15) is 20.0 Å². The Kier molecular flexibility index (Phi) is 5.21. The summed E-state index contributed by atoms with van der Waals surface area (Å²) in [7, 11) is 0. The Hall–Kier alpha value is -1.95. The maximum atomic E-state index is 11.4.